The van der Waals surface area contributed by atoms with Crippen molar-refractivity contribution >= 4 is 16.8 Å². The predicted molar refractivity (Wildman–Crippen MR) is 119 cm³/mol. The van der Waals surface area contributed by atoms with Gasteiger partial charge in [-0.25, -0.2) is 4.79 Å². The number of carbonyl (C=O) groups excluding carboxylic acids is 1. The average Bonchev–Trinajstić information content (AvgIpc) is 2.80. The minimum atomic E-state index is -0.439. The Morgan fingerprint density at radius 3 is 2.29 bits per heavy atom. The molecule has 0 saturated heterocycles. The highest BCUT2D eigenvalue weighted by Crippen LogP contribution is 2.30. The topological polar surface area (TPSA) is 91.6 Å². The molecule has 1 N–H and O–H groups in total. The molecule has 0 aliphatic heterocycles. The van der Waals surface area contributed by atoms with E-state index >= 15 is 0 Å². The van der Waals surface area contributed by atoms with Crippen LogP contribution in [0.4, 0.5) is 0 Å². The first-order valence-corrected chi connectivity index (χ1v) is 10.1. The third-order valence-corrected chi connectivity index (χ3v) is 5.23. The van der Waals surface area contributed by atoms with Crippen molar-refractivity contribution in [2.45, 2.75) is 26.3 Å². The number of hydrogen-bond acceptors (Lipinski definition) is 5. The number of aromatic nitrogens is 2. The summed E-state index contributed by atoms with van der Waals surface area (Å²) in [7, 11) is 4.59. The van der Waals surface area contributed by atoms with Gasteiger partial charge in [-0.15, -0.1) is 0 Å². The van der Waals surface area contributed by atoms with Gasteiger partial charge in [0.15, 0.2) is 11.5 Å². The van der Waals surface area contributed by atoms with Crippen LogP contribution in [0.3, 0.4) is 0 Å². The van der Waals surface area contributed by atoms with E-state index in [1.165, 1.54) is 23.4 Å². The van der Waals surface area contributed by atoms with Crippen LogP contribution in [0.1, 0.15) is 35.7 Å². The zero-order valence-corrected chi connectivity index (χ0v) is 18.2. The normalized spacial score (nSPS) is 10.8. The zero-order valence-electron chi connectivity index (χ0n) is 18.2. The molecule has 0 radical (unpaired) electrons. The smallest absolute Gasteiger partial charge is 0.331 e. The molecule has 164 valence electrons. The van der Waals surface area contributed by atoms with Crippen molar-refractivity contribution in [3.8, 4) is 11.5 Å². The fourth-order valence-electron chi connectivity index (χ4n) is 3.40. The second-order valence-electron chi connectivity index (χ2n) is 7.26. The van der Waals surface area contributed by atoms with Crippen molar-refractivity contribution in [2.24, 2.45) is 7.05 Å². The average molecular weight is 425 g/mol. The lowest BCUT2D eigenvalue weighted by Crippen LogP contribution is -2.39. The molecule has 1 aromatic heterocycles. The number of unbranched alkanes of at least 4 members (excludes halogenated alkanes) is 1. The number of fused-ring (bicyclic) bond motifs is 1. The Bertz CT molecular complexity index is 1210. The Kier molecular flexibility index (Phi) is 6.79. The number of rotatable bonds is 8. The highest BCUT2D eigenvalue weighted by Gasteiger charge is 2.16. The molecule has 3 rings (SSSR count). The van der Waals surface area contributed by atoms with E-state index in [0.717, 1.165) is 18.4 Å². The molecule has 0 atom stereocenters. The van der Waals surface area contributed by atoms with Gasteiger partial charge in [0.25, 0.3) is 11.5 Å². The van der Waals surface area contributed by atoms with Crippen LogP contribution in [-0.2, 0) is 13.6 Å². The van der Waals surface area contributed by atoms with E-state index in [9.17, 15) is 14.4 Å². The summed E-state index contributed by atoms with van der Waals surface area (Å²) < 4.78 is 13.2. The first kappa shape index (κ1) is 22.1. The molecule has 8 heteroatoms. The summed E-state index contributed by atoms with van der Waals surface area (Å²) in [6, 6.07) is 10.1. The van der Waals surface area contributed by atoms with Crippen molar-refractivity contribution in [3.63, 3.8) is 0 Å². The van der Waals surface area contributed by atoms with Crippen LogP contribution < -0.4 is 26.0 Å². The number of aryl methyl sites for hydroxylation is 1. The monoisotopic (exact) mass is 425 g/mol. The van der Waals surface area contributed by atoms with E-state index in [0.29, 0.717) is 34.5 Å². The first-order chi connectivity index (χ1) is 14.9. The van der Waals surface area contributed by atoms with Gasteiger partial charge in [-0.2, -0.15) is 0 Å². The first-order valence-electron chi connectivity index (χ1n) is 10.1. The van der Waals surface area contributed by atoms with E-state index < -0.39 is 11.2 Å². The maximum absolute atomic E-state index is 13.1. The van der Waals surface area contributed by atoms with Crippen LogP contribution in [-0.4, -0.2) is 35.8 Å². The van der Waals surface area contributed by atoms with Crippen LogP contribution >= 0.6 is 0 Å². The maximum Gasteiger partial charge on any atom is 0.331 e. The van der Waals surface area contributed by atoms with Gasteiger partial charge in [0.05, 0.1) is 31.7 Å². The van der Waals surface area contributed by atoms with Gasteiger partial charge >= 0.3 is 5.69 Å². The molecule has 2 aromatic carbocycles. The van der Waals surface area contributed by atoms with Gasteiger partial charge in [0.1, 0.15) is 0 Å². The molecule has 0 aliphatic carbocycles. The zero-order chi connectivity index (χ0) is 22.5. The molecule has 0 bridgehead atoms. The minimum absolute atomic E-state index is 0.0908. The summed E-state index contributed by atoms with van der Waals surface area (Å²) in [6.07, 6.45) is 1.93. The molecule has 0 saturated carbocycles. The van der Waals surface area contributed by atoms with E-state index in [-0.39, 0.29) is 12.5 Å². The largest absolute Gasteiger partial charge is 0.493 e. The Balaban J connectivity index is 1.95. The summed E-state index contributed by atoms with van der Waals surface area (Å²) in [4.78, 5) is 38.1. The number of amides is 1. The van der Waals surface area contributed by atoms with Gasteiger partial charge in [-0.05, 0) is 30.2 Å². The van der Waals surface area contributed by atoms with Crippen molar-refractivity contribution in [3.05, 3.63) is 68.4 Å². The second-order valence-corrected chi connectivity index (χ2v) is 7.26. The summed E-state index contributed by atoms with van der Waals surface area (Å²) in [5, 5.41) is 3.22. The third kappa shape index (κ3) is 4.47. The fraction of sp³-hybridized carbons (Fsp3) is 0.348. The summed E-state index contributed by atoms with van der Waals surface area (Å²) in [5.74, 6) is 0.713. The molecule has 0 spiro atoms. The van der Waals surface area contributed by atoms with Crippen LogP contribution in [0.5, 0.6) is 11.5 Å². The molecule has 3 aromatic rings. The van der Waals surface area contributed by atoms with Gasteiger partial charge in [-0.1, -0.05) is 25.5 Å². The second kappa shape index (κ2) is 9.51. The summed E-state index contributed by atoms with van der Waals surface area (Å²) >= 11 is 0. The Morgan fingerprint density at radius 1 is 1.03 bits per heavy atom. The van der Waals surface area contributed by atoms with E-state index in [4.69, 9.17) is 9.47 Å². The summed E-state index contributed by atoms with van der Waals surface area (Å²) in [6.45, 7) is 2.79. The number of ether oxygens (including phenoxy) is 2. The molecule has 0 aliphatic rings. The molecule has 8 nitrogen and oxygen atoms in total. The highest BCUT2D eigenvalue weighted by atomic mass is 16.5. The fourth-order valence-corrected chi connectivity index (χ4v) is 3.40. The maximum atomic E-state index is 13.1. The van der Waals surface area contributed by atoms with E-state index in [1.807, 2.05) is 0 Å². The number of benzene rings is 2. The van der Waals surface area contributed by atoms with Gasteiger partial charge in [0.2, 0.25) is 0 Å². The van der Waals surface area contributed by atoms with Crippen LogP contribution in [0.15, 0.2) is 46.0 Å². The van der Waals surface area contributed by atoms with Crippen LogP contribution in [0.2, 0.25) is 0 Å². The molecular formula is C23H27N3O5. The van der Waals surface area contributed by atoms with Gasteiger partial charge in [0, 0.05) is 25.2 Å². The van der Waals surface area contributed by atoms with E-state index in [1.54, 1.807) is 43.4 Å². The number of nitrogens with one attached hydrogen (secondary N) is 1. The summed E-state index contributed by atoms with van der Waals surface area (Å²) in [5.41, 5.74) is 0.883. The standard InChI is InChI=1S/C23H27N3O5/c1-5-6-11-24-21(27)16-9-7-15(8-10-16)14-26-22(28)17-12-19(30-3)20(31-4)13-18(17)25(2)23(26)29/h7-10,12-13H,5-6,11,14H2,1-4H3,(H,24,27). The Hall–Kier alpha value is -3.55. The Labute approximate surface area is 180 Å². The van der Waals surface area contributed by atoms with Crippen LogP contribution in [0, 0.1) is 0 Å². The van der Waals surface area contributed by atoms with E-state index in [2.05, 4.69) is 12.2 Å². The quantitative estimate of drug-likeness (QED) is 0.559. The number of carbonyl (C=O) groups is 1. The third-order valence-electron chi connectivity index (χ3n) is 5.23. The highest BCUT2D eigenvalue weighted by molar-refractivity contribution is 5.94. The Morgan fingerprint density at radius 2 is 1.68 bits per heavy atom. The molecule has 0 fully saturated rings. The predicted octanol–water partition coefficient (Wildman–Crippen LogP) is 2.30. The molecular weight excluding hydrogens is 398 g/mol. The lowest BCUT2D eigenvalue weighted by Gasteiger charge is -2.14. The number of methoxy groups -OCH3 is 2. The minimum Gasteiger partial charge on any atom is -0.493 e. The molecule has 0 unspecified atom stereocenters. The van der Waals surface area contributed by atoms with Gasteiger partial charge < -0.3 is 14.8 Å². The van der Waals surface area contributed by atoms with Crippen molar-refractivity contribution in [2.75, 3.05) is 20.8 Å². The lowest BCUT2D eigenvalue weighted by atomic mass is 10.1. The van der Waals surface area contributed by atoms with Crippen molar-refractivity contribution in [1.29, 1.82) is 0 Å². The number of nitrogens with zero attached hydrogens (tertiary/aromatic N) is 2. The van der Waals surface area contributed by atoms with Crippen molar-refractivity contribution in [1.82, 2.24) is 14.5 Å². The van der Waals surface area contributed by atoms with Crippen molar-refractivity contribution < 1.29 is 14.3 Å². The SMILES string of the molecule is CCCCNC(=O)c1ccc(Cn2c(=O)c3cc(OC)c(OC)cc3n(C)c2=O)cc1. The molecule has 1 amide bonds. The van der Waals surface area contributed by atoms with Gasteiger partial charge in [-0.3, -0.25) is 18.7 Å². The molecule has 31 heavy (non-hydrogen) atoms. The van der Waals surface area contributed by atoms with Crippen LogP contribution in [0.25, 0.3) is 10.9 Å². The number of hydrogen-bond donors (Lipinski definition) is 1. The lowest BCUT2D eigenvalue weighted by molar-refractivity contribution is 0.0953. The molecule has 1 heterocycles.